The second-order valence-corrected chi connectivity index (χ2v) is 7.71. The number of rotatable bonds is 7. The van der Waals surface area contributed by atoms with Crippen LogP contribution in [0.25, 0.3) is 10.2 Å². The second-order valence-electron chi connectivity index (χ2n) is 5.08. The number of methoxy groups -OCH3 is 1. The number of amides is 1. The minimum absolute atomic E-state index is 0.0849. The molecule has 0 saturated heterocycles. The summed E-state index contributed by atoms with van der Waals surface area (Å²) in [5, 5.41) is 1.35. The van der Waals surface area contributed by atoms with E-state index < -0.39 is 0 Å². The maximum Gasteiger partial charge on any atom is 0.239 e. The van der Waals surface area contributed by atoms with E-state index in [-0.39, 0.29) is 5.91 Å². The van der Waals surface area contributed by atoms with E-state index in [4.69, 9.17) is 16.3 Å². The fraction of sp³-hybridized carbons (Fsp3) is 0.176. The van der Waals surface area contributed by atoms with Crippen LogP contribution in [-0.4, -0.2) is 23.8 Å². The lowest BCUT2D eigenvalue weighted by Gasteiger charge is -2.05. The predicted octanol–water partition coefficient (Wildman–Crippen LogP) is 4.58. The second kappa shape index (κ2) is 8.42. The van der Waals surface area contributed by atoms with Crippen molar-refractivity contribution in [1.82, 2.24) is 10.4 Å². The van der Waals surface area contributed by atoms with Crippen molar-refractivity contribution in [2.24, 2.45) is 0 Å². The Morgan fingerprint density at radius 2 is 2.08 bits per heavy atom. The number of hydrogen-bond donors (Lipinski definition) is 2. The lowest BCUT2D eigenvalue weighted by Crippen LogP contribution is -2.29. The molecule has 0 aliphatic rings. The molecular weight excluding hydrogens is 378 g/mol. The Labute approximate surface area is 158 Å². The van der Waals surface area contributed by atoms with Crippen LogP contribution in [0.2, 0.25) is 5.02 Å². The van der Waals surface area contributed by atoms with Crippen molar-refractivity contribution in [1.29, 1.82) is 0 Å². The number of benzene rings is 2. The molecule has 0 saturated carbocycles. The van der Waals surface area contributed by atoms with E-state index in [1.54, 1.807) is 18.9 Å². The molecule has 0 aliphatic carbocycles. The van der Waals surface area contributed by atoms with Gasteiger partial charge in [-0.05, 0) is 42.5 Å². The summed E-state index contributed by atoms with van der Waals surface area (Å²) in [6.07, 6.45) is 0.402. The summed E-state index contributed by atoms with van der Waals surface area (Å²) < 4.78 is 6.19. The molecule has 130 valence electrons. The van der Waals surface area contributed by atoms with E-state index in [1.807, 2.05) is 42.5 Å². The predicted molar refractivity (Wildman–Crippen MR) is 105 cm³/mol. The number of carbonyl (C=O) groups excluding carboxylic acids is 1. The quantitative estimate of drug-likeness (QED) is 0.454. The van der Waals surface area contributed by atoms with Gasteiger partial charge in [-0.1, -0.05) is 22.9 Å². The third-order valence-electron chi connectivity index (χ3n) is 3.32. The minimum Gasteiger partial charge on any atom is -0.497 e. The molecule has 0 atom stereocenters. The lowest BCUT2D eigenvalue weighted by molar-refractivity contribution is -0.120. The molecule has 1 amide bonds. The normalized spacial score (nSPS) is 10.6. The number of carbonyl (C=O) groups is 1. The van der Waals surface area contributed by atoms with Gasteiger partial charge in [0.2, 0.25) is 11.0 Å². The first-order valence-electron chi connectivity index (χ1n) is 7.52. The van der Waals surface area contributed by atoms with Gasteiger partial charge in [-0.25, -0.2) is 4.98 Å². The first kappa shape index (κ1) is 17.8. The van der Waals surface area contributed by atoms with Crippen molar-refractivity contribution in [2.75, 3.05) is 18.3 Å². The maximum absolute atomic E-state index is 11.9. The van der Waals surface area contributed by atoms with Gasteiger partial charge in [0, 0.05) is 22.1 Å². The Morgan fingerprint density at radius 1 is 1.28 bits per heavy atom. The topological polar surface area (TPSA) is 63.2 Å². The first-order chi connectivity index (χ1) is 12.1. The summed E-state index contributed by atoms with van der Waals surface area (Å²) in [4.78, 5) is 17.4. The molecule has 1 heterocycles. The van der Waals surface area contributed by atoms with Crippen LogP contribution in [0.4, 0.5) is 5.13 Å². The summed E-state index contributed by atoms with van der Waals surface area (Å²) in [7, 11) is 1.63. The van der Waals surface area contributed by atoms with Crippen LogP contribution in [0.1, 0.15) is 6.42 Å². The highest BCUT2D eigenvalue weighted by Gasteiger charge is 2.07. The number of thiazole rings is 1. The van der Waals surface area contributed by atoms with Gasteiger partial charge in [0.05, 0.1) is 17.3 Å². The molecular formula is C17H16ClN3O2S2. The smallest absolute Gasteiger partial charge is 0.239 e. The molecule has 0 aliphatic heterocycles. The molecule has 1 aromatic heterocycles. The van der Waals surface area contributed by atoms with Gasteiger partial charge in [0.15, 0.2) is 0 Å². The SMILES string of the molecule is COc1ccc2nc(NNC(=O)CCSc3ccc(Cl)cc3)sc2c1. The van der Waals surface area contributed by atoms with Gasteiger partial charge < -0.3 is 4.74 Å². The van der Waals surface area contributed by atoms with E-state index in [0.717, 1.165) is 20.9 Å². The van der Waals surface area contributed by atoms with E-state index in [2.05, 4.69) is 15.8 Å². The number of ether oxygens (including phenoxy) is 1. The highest BCUT2D eigenvalue weighted by Crippen LogP contribution is 2.28. The van der Waals surface area contributed by atoms with Gasteiger partial charge in [-0.2, -0.15) is 0 Å². The average Bonchev–Trinajstić information content (AvgIpc) is 3.03. The summed E-state index contributed by atoms with van der Waals surface area (Å²) >= 11 is 8.92. The Morgan fingerprint density at radius 3 is 2.84 bits per heavy atom. The Hall–Kier alpha value is -1.96. The van der Waals surface area contributed by atoms with Crippen molar-refractivity contribution in [3.8, 4) is 5.75 Å². The van der Waals surface area contributed by atoms with Crippen molar-refractivity contribution < 1.29 is 9.53 Å². The molecule has 0 spiro atoms. The molecule has 2 aromatic carbocycles. The fourth-order valence-corrected chi connectivity index (χ4v) is 3.89. The third-order valence-corrected chi connectivity index (χ3v) is 5.52. The highest BCUT2D eigenvalue weighted by molar-refractivity contribution is 7.99. The number of nitrogens with one attached hydrogen (secondary N) is 2. The van der Waals surface area contributed by atoms with Crippen LogP contribution in [0, 0.1) is 0 Å². The zero-order valence-electron chi connectivity index (χ0n) is 13.4. The number of halogens is 1. The monoisotopic (exact) mass is 393 g/mol. The number of fused-ring (bicyclic) bond motifs is 1. The highest BCUT2D eigenvalue weighted by atomic mass is 35.5. The molecule has 0 bridgehead atoms. The Bertz CT molecular complexity index is 868. The summed E-state index contributed by atoms with van der Waals surface area (Å²) in [5.74, 6) is 1.39. The van der Waals surface area contributed by atoms with Crippen molar-refractivity contribution in [3.05, 3.63) is 47.5 Å². The number of nitrogens with zero attached hydrogens (tertiary/aromatic N) is 1. The maximum atomic E-state index is 11.9. The summed E-state index contributed by atoms with van der Waals surface area (Å²) in [6, 6.07) is 13.2. The largest absolute Gasteiger partial charge is 0.497 e. The zero-order chi connectivity index (χ0) is 17.6. The zero-order valence-corrected chi connectivity index (χ0v) is 15.8. The number of hydrazine groups is 1. The molecule has 3 aromatic rings. The van der Waals surface area contributed by atoms with Crippen LogP contribution >= 0.6 is 34.7 Å². The molecule has 8 heteroatoms. The Balaban J connectivity index is 1.46. The summed E-state index contributed by atoms with van der Waals surface area (Å²) in [6.45, 7) is 0. The molecule has 3 rings (SSSR count). The third kappa shape index (κ3) is 5.01. The molecule has 5 nitrogen and oxygen atoms in total. The molecule has 2 N–H and O–H groups in total. The number of anilines is 1. The minimum atomic E-state index is -0.0849. The number of hydrogen-bond acceptors (Lipinski definition) is 6. The van der Waals surface area contributed by atoms with E-state index in [9.17, 15) is 4.79 Å². The number of thioether (sulfide) groups is 1. The van der Waals surface area contributed by atoms with Gasteiger partial charge in [-0.3, -0.25) is 15.6 Å². The van der Waals surface area contributed by atoms with E-state index in [1.165, 1.54) is 11.3 Å². The van der Waals surface area contributed by atoms with Crippen LogP contribution in [0.15, 0.2) is 47.4 Å². The van der Waals surface area contributed by atoms with Crippen LogP contribution in [0.3, 0.4) is 0 Å². The van der Waals surface area contributed by atoms with Crippen molar-refractivity contribution >= 4 is 56.0 Å². The van der Waals surface area contributed by atoms with Gasteiger partial charge in [0.1, 0.15) is 5.75 Å². The van der Waals surface area contributed by atoms with Crippen LogP contribution < -0.4 is 15.6 Å². The van der Waals surface area contributed by atoms with Crippen LogP contribution in [0.5, 0.6) is 5.75 Å². The van der Waals surface area contributed by atoms with Gasteiger partial charge in [0.25, 0.3) is 0 Å². The van der Waals surface area contributed by atoms with Crippen molar-refractivity contribution in [2.45, 2.75) is 11.3 Å². The summed E-state index contributed by atoms with van der Waals surface area (Å²) in [5.41, 5.74) is 6.41. The van der Waals surface area contributed by atoms with Gasteiger partial charge >= 0.3 is 0 Å². The van der Waals surface area contributed by atoms with Crippen LogP contribution in [-0.2, 0) is 4.79 Å². The van der Waals surface area contributed by atoms with Gasteiger partial charge in [-0.15, -0.1) is 11.8 Å². The molecule has 0 radical (unpaired) electrons. The molecule has 25 heavy (non-hydrogen) atoms. The van der Waals surface area contributed by atoms with E-state index >= 15 is 0 Å². The molecule has 0 fully saturated rings. The van der Waals surface area contributed by atoms with E-state index in [0.29, 0.717) is 22.3 Å². The average molecular weight is 394 g/mol. The standard InChI is InChI=1S/C17H16ClN3O2S2/c1-23-12-4-7-14-15(10-12)25-17(19-14)21-20-16(22)8-9-24-13-5-2-11(18)3-6-13/h2-7,10H,8-9H2,1H3,(H,19,21)(H,20,22). The number of aromatic nitrogens is 1. The fourth-order valence-electron chi connectivity index (χ4n) is 2.06. The van der Waals surface area contributed by atoms with Crippen molar-refractivity contribution in [3.63, 3.8) is 0 Å². The molecule has 0 unspecified atom stereocenters. The lowest BCUT2D eigenvalue weighted by atomic mass is 10.3. The first-order valence-corrected chi connectivity index (χ1v) is 9.70. The Kier molecular flexibility index (Phi) is 6.01.